The van der Waals surface area contributed by atoms with E-state index in [0.717, 1.165) is 24.3 Å². The molecule has 3 N–H and O–H groups in total. The standard InChI is InChI=1S/C36H26F4N4O3/c37-22-9-10-27-28(35(46)44-31(27)18-22)19-33(45)43-32(15-20-13-23(38)17-24(39)14-20)34-26(7-4-12-41-34)21-8-11-30(40)29(16-21)36(47)42-25-5-2-1-3-6-25/h1-14,16-18,28,32H,15,19H2,(H,42,47)(H,43,45)(H,44,46)/t28-,32?/m0/s1. The van der Waals surface area contributed by atoms with Gasteiger partial charge in [-0.25, -0.2) is 17.6 Å². The summed E-state index contributed by atoms with van der Waals surface area (Å²) in [6.45, 7) is 0. The highest BCUT2D eigenvalue weighted by molar-refractivity contribution is 6.06. The Hall–Kier alpha value is -5.84. The molecule has 0 saturated carbocycles. The van der Waals surface area contributed by atoms with Gasteiger partial charge in [-0.05, 0) is 77.7 Å². The molecule has 3 amide bonds. The van der Waals surface area contributed by atoms with E-state index in [4.69, 9.17) is 0 Å². The van der Waals surface area contributed by atoms with Crippen LogP contribution < -0.4 is 16.0 Å². The minimum Gasteiger partial charge on any atom is -0.347 e. The van der Waals surface area contributed by atoms with Crippen molar-refractivity contribution in [3.8, 4) is 11.1 Å². The second-order valence-electron chi connectivity index (χ2n) is 11.0. The van der Waals surface area contributed by atoms with Crippen molar-refractivity contribution in [1.82, 2.24) is 10.3 Å². The molecule has 2 atom stereocenters. The molecule has 1 aliphatic rings. The molecule has 1 aliphatic heterocycles. The molecule has 7 nitrogen and oxygen atoms in total. The van der Waals surface area contributed by atoms with E-state index < -0.39 is 53.0 Å². The molecule has 1 unspecified atom stereocenters. The minimum absolute atomic E-state index is 0.106. The smallest absolute Gasteiger partial charge is 0.258 e. The Morgan fingerprint density at radius 1 is 0.830 bits per heavy atom. The maximum absolute atomic E-state index is 14.9. The number of halogens is 4. The lowest BCUT2D eigenvalue weighted by Gasteiger charge is -2.22. The van der Waals surface area contributed by atoms with E-state index in [2.05, 4.69) is 20.9 Å². The van der Waals surface area contributed by atoms with Crippen molar-refractivity contribution in [2.24, 2.45) is 0 Å². The number of rotatable bonds is 9. The maximum atomic E-state index is 14.9. The lowest BCUT2D eigenvalue weighted by atomic mass is 9.93. The highest BCUT2D eigenvalue weighted by Gasteiger charge is 2.33. The third-order valence-electron chi connectivity index (χ3n) is 7.77. The zero-order valence-electron chi connectivity index (χ0n) is 24.6. The van der Waals surface area contributed by atoms with Gasteiger partial charge in [0.25, 0.3) is 5.91 Å². The van der Waals surface area contributed by atoms with Crippen LogP contribution in [0.2, 0.25) is 0 Å². The highest BCUT2D eigenvalue weighted by Crippen LogP contribution is 2.36. The number of anilines is 2. The van der Waals surface area contributed by atoms with E-state index in [1.54, 1.807) is 42.5 Å². The molecule has 0 radical (unpaired) electrons. The summed E-state index contributed by atoms with van der Waals surface area (Å²) in [7, 11) is 0. The first-order valence-corrected chi connectivity index (χ1v) is 14.6. The Balaban J connectivity index is 1.33. The van der Waals surface area contributed by atoms with Crippen molar-refractivity contribution in [2.75, 3.05) is 10.6 Å². The van der Waals surface area contributed by atoms with Crippen molar-refractivity contribution in [2.45, 2.75) is 24.8 Å². The number of amides is 3. The first kappa shape index (κ1) is 31.2. The van der Waals surface area contributed by atoms with Crippen LogP contribution in [-0.4, -0.2) is 22.7 Å². The molecule has 4 aromatic carbocycles. The lowest BCUT2D eigenvalue weighted by molar-refractivity contribution is -0.125. The Kier molecular flexibility index (Phi) is 8.79. The molecule has 0 aliphatic carbocycles. The van der Waals surface area contributed by atoms with Gasteiger partial charge in [-0.1, -0.05) is 36.4 Å². The first-order valence-electron chi connectivity index (χ1n) is 14.6. The quantitative estimate of drug-likeness (QED) is 0.150. The number of pyridine rings is 1. The third-order valence-corrected chi connectivity index (χ3v) is 7.77. The van der Waals surface area contributed by atoms with Crippen LogP contribution in [0.3, 0.4) is 0 Å². The van der Waals surface area contributed by atoms with Crippen molar-refractivity contribution in [3.63, 3.8) is 0 Å². The van der Waals surface area contributed by atoms with Gasteiger partial charge in [0.15, 0.2) is 0 Å². The molecule has 0 spiro atoms. The van der Waals surface area contributed by atoms with E-state index >= 15 is 0 Å². The summed E-state index contributed by atoms with van der Waals surface area (Å²) in [6.07, 6.45) is 1.05. The second kappa shape index (κ2) is 13.3. The molecule has 5 aromatic rings. The summed E-state index contributed by atoms with van der Waals surface area (Å²) in [5, 5.41) is 8.08. The summed E-state index contributed by atoms with van der Waals surface area (Å²) in [4.78, 5) is 43.7. The molecule has 1 aromatic heterocycles. The largest absolute Gasteiger partial charge is 0.347 e. The number of benzene rings is 4. The van der Waals surface area contributed by atoms with E-state index in [1.165, 1.54) is 36.5 Å². The number of fused-ring (bicyclic) bond motifs is 1. The fourth-order valence-electron chi connectivity index (χ4n) is 5.65. The van der Waals surface area contributed by atoms with E-state index in [0.29, 0.717) is 22.4 Å². The number of hydrogen-bond donors (Lipinski definition) is 3. The molecule has 47 heavy (non-hydrogen) atoms. The number of nitrogens with zero attached hydrogens (tertiary/aromatic N) is 1. The van der Waals surface area contributed by atoms with Gasteiger partial charge in [-0.3, -0.25) is 19.4 Å². The van der Waals surface area contributed by atoms with Crippen molar-refractivity contribution < 1.29 is 31.9 Å². The van der Waals surface area contributed by atoms with Crippen molar-refractivity contribution in [3.05, 3.63) is 149 Å². The summed E-state index contributed by atoms with van der Waals surface area (Å²) in [6, 6.07) is 21.6. The molecule has 0 fully saturated rings. The summed E-state index contributed by atoms with van der Waals surface area (Å²) < 4.78 is 57.1. The number of hydrogen-bond acceptors (Lipinski definition) is 4. The number of para-hydroxylation sites is 1. The summed E-state index contributed by atoms with van der Waals surface area (Å²) in [5.74, 6) is -5.57. The molecular formula is C36H26F4N4O3. The molecule has 0 saturated heterocycles. The molecule has 6 rings (SSSR count). The SMILES string of the molecule is O=C(C[C@@H]1C(=O)Nc2cc(F)ccc21)NC(Cc1cc(F)cc(F)c1)c1ncccc1-c1ccc(F)c(C(=O)Nc2ccccc2)c1. The van der Waals surface area contributed by atoms with Crippen LogP contribution in [0, 0.1) is 23.3 Å². The fourth-order valence-corrected chi connectivity index (χ4v) is 5.65. The van der Waals surface area contributed by atoms with Gasteiger partial charge < -0.3 is 16.0 Å². The zero-order valence-corrected chi connectivity index (χ0v) is 24.6. The van der Waals surface area contributed by atoms with E-state index in [9.17, 15) is 31.9 Å². The van der Waals surface area contributed by atoms with Gasteiger partial charge in [0.05, 0.1) is 23.2 Å². The fraction of sp³-hybridized carbons (Fsp3) is 0.111. The normalized spacial score (nSPS) is 14.2. The Labute approximate surface area is 266 Å². The van der Waals surface area contributed by atoms with Crippen LogP contribution in [0.5, 0.6) is 0 Å². The Bertz CT molecular complexity index is 1980. The summed E-state index contributed by atoms with van der Waals surface area (Å²) in [5.41, 5.74) is 2.26. The van der Waals surface area contributed by atoms with Gasteiger partial charge in [-0.2, -0.15) is 0 Å². The molecule has 236 valence electrons. The first-order chi connectivity index (χ1) is 22.6. The molecule has 0 bridgehead atoms. The molecule has 11 heteroatoms. The van der Waals surface area contributed by atoms with E-state index in [-0.39, 0.29) is 35.3 Å². The number of aromatic nitrogens is 1. The average molecular weight is 639 g/mol. The monoisotopic (exact) mass is 638 g/mol. The van der Waals surface area contributed by atoms with Gasteiger partial charge in [-0.15, -0.1) is 0 Å². The number of carbonyl (C=O) groups excluding carboxylic acids is 3. The van der Waals surface area contributed by atoms with Crippen LogP contribution >= 0.6 is 0 Å². The van der Waals surface area contributed by atoms with Crippen LogP contribution in [0.1, 0.15) is 45.6 Å². The zero-order chi connectivity index (χ0) is 33.1. The topological polar surface area (TPSA) is 100 Å². The van der Waals surface area contributed by atoms with Gasteiger partial charge in [0.1, 0.15) is 23.3 Å². The van der Waals surface area contributed by atoms with Crippen molar-refractivity contribution in [1.29, 1.82) is 0 Å². The van der Waals surface area contributed by atoms with Gasteiger partial charge in [0.2, 0.25) is 11.8 Å². The number of nitrogens with one attached hydrogen (secondary N) is 3. The third kappa shape index (κ3) is 7.04. The predicted octanol–water partition coefficient (Wildman–Crippen LogP) is 7.08. The molecular weight excluding hydrogens is 612 g/mol. The summed E-state index contributed by atoms with van der Waals surface area (Å²) >= 11 is 0. The average Bonchev–Trinajstić information content (AvgIpc) is 3.34. The van der Waals surface area contributed by atoms with Crippen LogP contribution in [0.25, 0.3) is 11.1 Å². The number of carbonyl (C=O) groups is 3. The predicted molar refractivity (Wildman–Crippen MR) is 167 cm³/mol. The minimum atomic E-state index is -0.983. The van der Waals surface area contributed by atoms with Crippen LogP contribution in [0.15, 0.2) is 103 Å². The van der Waals surface area contributed by atoms with E-state index in [1.807, 2.05) is 0 Å². The van der Waals surface area contributed by atoms with Crippen LogP contribution in [0.4, 0.5) is 28.9 Å². The maximum Gasteiger partial charge on any atom is 0.258 e. The lowest BCUT2D eigenvalue weighted by Crippen LogP contribution is -2.33. The Morgan fingerprint density at radius 3 is 2.36 bits per heavy atom. The van der Waals surface area contributed by atoms with Crippen molar-refractivity contribution >= 4 is 29.1 Å². The Morgan fingerprint density at radius 2 is 1.60 bits per heavy atom. The molecule has 2 heterocycles. The highest BCUT2D eigenvalue weighted by atomic mass is 19.1. The van der Waals surface area contributed by atoms with Gasteiger partial charge >= 0.3 is 0 Å². The second-order valence-corrected chi connectivity index (χ2v) is 11.0. The van der Waals surface area contributed by atoms with Gasteiger partial charge in [0, 0.05) is 35.6 Å². The van der Waals surface area contributed by atoms with Crippen LogP contribution in [-0.2, 0) is 16.0 Å².